The van der Waals surface area contributed by atoms with Gasteiger partial charge in [0.2, 0.25) is 0 Å². The minimum Gasteiger partial charge on any atom is -0.507 e. The normalized spacial score (nSPS) is 15.4. The smallest absolute Gasteiger partial charge is 0.149 e. The van der Waals surface area contributed by atoms with Gasteiger partial charge >= 0.3 is 0 Å². The predicted molar refractivity (Wildman–Crippen MR) is 289 cm³/mol. The van der Waals surface area contributed by atoms with Gasteiger partial charge in [-0.25, -0.2) is 4.98 Å². The van der Waals surface area contributed by atoms with Gasteiger partial charge in [-0.1, -0.05) is 137 Å². The third-order valence-electron chi connectivity index (χ3n) is 16.3. The lowest BCUT2D eigenvalue weighted by Crippen LogP contribution is -2.20. The Hall–Kier alpha value is -8.02. The van der Waals surface area contributed by atoms with Gasteiger partial charge in [0.25, 0.3) is 0 Å². The van der Waals surface area contributed by atoms with E-state index < -0.39 is 0 Å². The Balaban J connectivity index is 1.06. The first-order valence-electron chi connectivity index (χ1n) is 25.0. The average Bonchev–Trinajstić information content (AvgIpc) is 4.11. The van der Waals surface area contributed by atoms with Crippen LogP contribution in [0.25, 0.3) is 111 Å². The van der Waals surface area contributed by atoms with Gasteiger partial charge in [0.05, 0.1) is 44.5 Å². The molecule has 8 aromatic carbocycles. The highest BCUT2D eigenvalue weighted by molar-refractivity contribution is 6.29. The van der Waals surface area contributed by atoms with Crippen molar-refractivity contribution in [3.63, 3.8) is 0 Å². The lowest BCUT2D eigenvalue weighted by atomic mass is 9.71. The molecule has 5 heteroatoms. The van der Waals surface area contributed by atoms with Crippen LogP contribution in [0.3, 0.4) is 0 Å². The third-order valence-corrected chi connectivity index (χ3v) is 16.3. The van der Waals surface area contributed by atoms with Crippen molar-refractivity contribution in [2.24, 2.45) is 5.41 Å². The Morgan fingerprint density at radius 1 is 0.543 bits per heavy atom. The van der Waals surface area contributed by atoms with E-state index in [1.807, 2.05) is 30.5 Å². The fourth-order valence-electron chi connectivity index (χ4n) is 12.8. The second-order valence-electron chi connectivity index (χ2n) is 21.3. The summed E-state index contributed by atoms with van der Waals surface area (Å²) in [5.41, 5.74) is 20.5. The lowest BCUT2D eigenvalue weighted by molar-refractivity contribution is 0.224. The number of para-hydroxylation sites is 3. The highest BCUT2D eigenvalue weighted by atomic mass is 16.3. The van der Waals surface area contributed by atoms with E-state index in [-0.39, 0.29) is 11.2 Å². The van der Waals surface area contributed by atoms with Crippen molar-refractivity contribution in [2.45, 2.75) is 64.7 Å². The van der Waals surface area contributed by atoms with Crippen LogP contribution in [-0.2, 0) is 5.41 Å². The first kappa shape index (κ1) is 41.0. The number of hydrogen-bond donors (Lipinski definition) is 1. The van der Waals surface area contributed by atoms with Crippen molar-refractivity contribution >= 4 is 49.1 Å². The SMILES string of the molecule is CC1(C)CCC(c2ccc(-n3c(-c4ccccc4O)nc4c(-c5cc(-c6ccccn6)c6c7cc8c(c9c%10ccccc%10n(c6c5)c79)C(C)(C)c5ccccc5-8)cccc43)c(-c3ccccc3)c2)CC1. The lowest BCUT2D eigenvalue weighted by Gasteiger charge is -2.34. The number of pyridine rings is 1. The summed E-state index contributed by atoms with van der Waals surface area (Å²) in [6.45, 7) is 9.60. The number of nitrogens with zero attached hydrogens (tertiary/aromatic N) is 4. The Labute approximate surface area is 407 Å². The minimum atomic E-state index is -0.184. The molecule has 0 saturated heterocycles. The summed E-state index contributed by atoms with van der Waals surface area (Å²) < 4.78 is 4.81. The van der Waals surface area contributed by atoms with Crippen LogP contribution in [-0.4, -0.2) is 24.0 Å². The van der Waals surface area contributed by atoms with Crippen molar-refractivity contribution < 1.29 is 5.11 Å². The van der Waals surface area contributed by atoms with E-state index in [9.17, 15) is 5.11 Å². The van der Waals surface area contributed by atoms with Gasteiger partial charge in [-0.15, -0.1) is 0 Å². The van der Waals surface area contributed by atoms with E-state index >= 15 is 0 Å². The monoisotopic (exact) mass is 904 g/mol. The second-order valence-corrected chi connectivity index (χ2v) is 21.3. The number of phenols is 1. The summed E-state index contributed by atoms with van der Waals surface area (Å²) in [5, 5.41) is 16.7. The molecule has 2 aliphatic carbocycles. The van der Waals surface area contributed by atoms with E-state index in [1.165, 1.54) is 86.1 Å². The van der Waals surface area contributed by atoms with E-state index in [1.54, 1.807) is 6.07 Å². The molecular formula is C65H52N4O. The summed E-state index contributed by atoms with van der Waals surface area (Å²) in [7, 11) is 0. The molecule has 1 N–H and O–H groups in total. The van der Waals surface area contributed by atoms with Crippen molar-refractivity contribution in [2.75, 3.05) is 0 Å². The van der Waals surface area contributed by atoms with E-state index in [2.05, 4.69) is 182 Å². The molecule has 4 heterocycles. The quantitative estimate of drug-likeness (QED) is 0.181. The summed E-state index contributed by atoms with van der Waals surface area (Å²) >= 11 is 0. The van der Waals surface area contributed by atoms with Crippen molar-refractivity contribution in [3.8, 4) is 67.5 Å². The van der Waals surface area contributed by atoms with Gasteiger partial charge in [0, 0.05) is 49.8 Å². The largest absolute Gasteiger partial charge is 0.507 e. The maximum absolute atomic E-state index is 11.7. The number of phenolic OH excluding ortho intramolecular Hbond substituents is 1. The molecule has 2 aliphatic rings. The zero-order valence-corrected chi connectivity index (χ0v) is 40.0. The number of aromatic nitrogens is 4. The Morgan fingerprint density at radius 2 is 1.27 bits per heavy atom. The average molecular weight is 905 g/mol. The molecule has 14 rings (SSSR count). The molecule has 0 unspecified atom stereocenters. The fraction of sp³-hybridized carbons (Fsp3) is 0.169. The second kappa shape index (κ2) is 15.0. The molecule has 338 valence electrons. The molecular weight excluding hydrogens is 853 g/mol. The van der Waals surface area contributed by atoms with Gasteiger partial charge in [0.1, 0.15) is 11.6 Å². The Morgan fingerprint density at radius 3 is 2.09 bits per heavy atom. The highest BCUT2D eigenvalue weighted by Gasteiger charge is 2.39. The topological polar surface area (TPSA) is 55.3 Å². The molecule has 70 heavy (non-hydrogen) atoms. The molecule has 5 nitrogen and oxygen atoms in total. The summed E-state index contributed by atoms with van der Waals surface area (Å²) in [4.78, 5) is 10.7. The minimum absolute atomic E-state index is 0.184. The maximum atomic E-state index is 11.7. The van der Waals surface area contributed by atoms with Crippen LogP contribution >= 0.6 is 0 Å². The zero-order valence-electron chi connectivity index (χ0n) is 40.0. The summed E-state index contributed by atoms with van der Waals surface area (Å²) in [6.07, 6.45) is 6.73. The Kier molecular flexibility index (Phi) is 8.78. The van der Waals surface area contributed by atoms with Gasteiger partial charge in [-0.3, -0.25) is 9.55 Å². The van der Waals surface area contributed by atoms with Gasteiger partial charge in [-0.2, -0.15) is 0 Å². The van der Waals surface area contributed by atoms with Gasteiger partial charge in [-0.05, 0) is 143 Å². The number of aromatic hydroxyl groups is 1. The molecule has 0 bridgehead atoms. The molecule has 0 atom stereocenters. The van der Waals surface area contributed by atoms with Crippen molar-refractivity contribution in [3.05, 3.63) is 199 Å². The van der Waals surface area contributed by atoms with Crippen LogP contribution in [0.5, 0.6) is 5.75 Å². The maximum Gasteiger partial charge on any atom is 0.149 e. The van der Waals surface area contributed by atoms with Gasteiger partial charge < -0.3 is 9.51 Å². The van der Waals surface area contributed by atoms with Crippen molar-refractivity contribution in [1.29, 1.82) is 0 Å². The summed E-state index contributed by atoms with van der Waals surface area (Å²) in [5.74, 6) is 1.39. The predicted octanol–water partition coefficient (Wildman–Crippen LogP) is 16.9. The molecule has 0 amide bonds. The molecule has 1 saturated carbocycles. The van der Waals surface area contributed by atoms with Crippen LogP contribution in [0.2, 0.25) is 0 Å². The van der Waals surface area contributed by atoms with Crippen LogP contribution in [0.1, 0.15) is 76.0 Å². The van der Waals surface area contributed by atoms with Crippen molar-refractivity contribution in [1.82, 2.24) is 18.9 Å². The first-order chi connectivity index (χ1) is 34.1. The number of rotatable bonds is 6. The van der Waals surface area contributed by atoms with E-state index in [4.69, 9.17) is 9.97 Å². The number of hydrogen-bond acceptors (Lipinski definition) is 3. The standard InChI is InChI=1S/C65H52N4O/c1-64(2)32-30-39(31-33-64)41-28-29-54(47(35-41)40-17-6-5-7-18-40)69-55-26-16-22-43(61(55)67-63(69)46-21-10-13-27-57(46)70)42-36-49(52-24-14-15-34-66-52)58-50-38-48-44-19-8-11-23-51(44)65(3,4)60(48)59-45-20-9-12-25-53(45)68(62(50)59)56(58)37-42/h5-29,34-39,70H,30-33H2,1-4H3. The highest BCUT2D eigenvalue weighted by Crippen LogP contribution is 2.56. The first-order valence-corrected chi connectivity index (χ1v) is 25.0. The third kappa shape index (κ3) is 5.90. The Bertz CT molecular complexity index is 4070. The van der Waals surface area contributed by atoms with Crippen LogP contribution in [0.4, 0.5) is 0 Å². The molecule has 4 aromatic heterocycles. The van der Waals surface area contributed by atoms with Crippen LogP contribution in [0.15, 0.2) is 182 Å². The van der Waals surface area contributed by atoms with E-state index in [0.717, 1.165) is 55.7 Å². The fourth-order valence-corrected chi connectivity index (χ4v) is 12.8. The van der Waals surface area contributed by atoms with Gasteiger partial charge in [0.15, 0.2) is 0 Å². The summed E-state index contributed by atoms with van der Waals surface area (Å²) in [6, 6.07) is 63.4. The molecule has 0 aliphatic heterocycles. The molecule has 0 radical (unpaired) electrons. The number of benzene rings is 8. The number of fused-ring (bicyclic) bond motifs is 11. The molecule has 0 spiro atoms. The molecule has 12 aromatic rings. The van der Waals surface area contributed by atoms with Crippen LogP contribution < -0.4 is 0 Å². The van der Waals surface area contributed by atoms with E-state index in [0.29, 0.717) is 22.7 Å². The molecule has 1 fully saturated rings. The zero-order chi connectivity index (χ0) is 47.0. The van der Waals surface area contributed by atoms with Crippen LogP contribution in [0, 0.1) is 5.41 Å². The number of imidazole rings is 1.